The van der Waals surface area contributed by atoms with Gasteiger partial charge in [-0.2, -0.15) is 0 Å². The molecule has 0 spiro atoms. The number of aromatic nitrogens is 1. The Hall–Kier alpha value is -1.74. The van der Waals surface area contributed by atoms with Gasteiger partial charge in [-0.25, -0.2) is 0 Å². The van der Waals surface area contributed by atoms with Gasteiger partial charge in [0.05, 0.1) is 5.52 Å². The minimum absolute atomic E-state index is 0.00327. The molecule has 0 saturated heterocycles. The van der Waals surface area contributed by atoms with E-state index >= 15 is 0 Å². The zero-order valence-corrected chi connectivity index (χ0v) is 11.6. The molecule has 2 atom stereocenters. The maximum Gasteiger partial charge on any atom is 0.169 e. The van der Waals surface area contributed by atoms with Crippen molar-refractivity contribution >= 4 is 16.7 Å². The third kappa shape index (κ3) is 2.59. The minimum atomic E-state index is -0.0412. The van der Waals surface area contributed by atoms with Crippen molar-refractivity contribution < 1.29 is 4.79 Å². The molecular formula is C17H20N2O. The molecular weight excluding hydrogens is 248 g/mol. The van der Waals surface area contributed by atoms with Crippen LogP contribution in [0.2, 0.25) is 0 Å². The summed E-state index contributed by atoms with van der Waals surface area (Å²) in [5.74, 6) is 0.123. The highest BCUT2D eigenvalue weighted by molar-refractivity contribution is 6.00. The molecule has 1 aliphatic rings. The van der Waals surface area contributed by atoms with Crippen molar-refractivity contribution in [3.05, 3.63) is 42.1 Å². The summed E-state index contributed by atoms with van der Waals surface area (Å²) < 4.78 is 0. The molecule has 1 aromatic heterocycles. The van der Waals surface area contributed by atoms with Crippen LogP contribution in [0.5, 0.6) is 0 Å². The first-order valence-electron chi connectivity index (χ1n) is 7.40. The lowest BCUT2D eigenvalue weighted by Crippen LogP contribution is -2.34. The predicted octanol–water partition coefficient (Wildman–Crippen LogP) is 3.33. The Morgan fingerprint density at radius 3 is 2.85 bits per heavy atom. The normalized spacial score (nSPS) is 23.4. The van der Waals surface area contributed by atoms with Crippen molar-refractivity contribution in [3.63, 3.8) is 0 Å². The highest BCUT2D eigenvalue weighted by atomic mass is 16.1. The van der Waals surface area contributed by atoms with Crippen molar-refractivity contribution in [1.29, 1.82) is 0 Å². The molecule has 1 aromatic carbocycles. The Morgan fingerprint density at radius 1 is 1.15 bits per heavy atom. The number of benzene rings is 1. The maximum absolute atomic E-state index is 12.7. The third-order valence-electron chi connectivity index (χ3n) is 4.28. The summed E-state index contributed by atoms with van der Waals surface area (Å²) in [7, 11) is 0. The van der Waals surface area contributed by atoms with E-state index < -0.39 is 0 Å². The molecule has 0 amide bonds. The molecule has 1 heterocycles. The number of carbonyl (C=O) groups is 1. The number of fused-ring (bicyclic) bond motifs is 1. The van der Waals surface area contributed by atoms with Gasteiger partial charge in [0.15, 0.2) is 5.78 Å². The van der Waals surface area contributed by atoms with Gasteiger partial charge in [-0.3, -0.25) is 9.78 Å². The van der Waals surface area contributed by atoms with Crippen molar-refractivity contribution in [2.45, 2.75) is 38.1 Å². The molecule has 3 rings (SSSR count). The van der Waals surface area contributed by atoms with Gasteiger partial charge in [-0.05, 0) is 25.0 Å². The fourth-order valence-corrected chi connectivity index (χ4v) is 3.08. The van der Waals surface area contributed by atoms with Crippen molar-refractivity contribution in [3.8, 4) is 0 Å². The van der Waals surface area contributed by atoms with Crippen LogP contribution in [0.15, 0.2) is 36.5 Å². The standard InChI is InChI=1S/C17H20N2O/c18-15-8-3-1-2-7-14(15)17(20)13-10-12-6-4-5-9-16(12)19-11-13/h4-6,9-11,14-15H,1-3,7-8,18H2. The summed E-state index contributed by atoms with van der Waals surface area (Å²) in [6.07, 6.45) is 6.99. The Labute approximate surface area is 119 Å². The van der Waals surface area contributed by atoms with Crippen LogP contribution in [0.1, 0.15) is 42.5 Å². The molecule has 2 aromatic rings. The molecule has 1 aliphatic carbocycles. The molecule has 20 heavy (non-hydrogen) atoms. The number of nitrogens with two attached hydrogens (primary N) is 1. The monoisotopic (exact) mass is 268 g/mol. The van der Waals surface area contributed by atoms with Gasteiger partial charge in [0.25, 0.3) is 0 Å². The van der Waals surface area contributed by atoms with E-state index in [2.05, 4.69) is 4.98 Å². The molecule has 2 N–H and O–H groups in total. The SMILES string of the molecule is NC1CCCCCC1C(=O)c1cnc2ccccc2c1. The van der Waals surface area contributed by atoms with Crippen molar-refractivity contribution in [2.75, 3.05) is 0 Å². The molecule has 0 radical (unpaired) electrons. The van der Waals surface area contributed by atoms with Crippen LogP contribution in [0.25, 0.3) is 10.9 Å². The number of Topliss-reactive ketones (excluding diaryl/α,β-unsaturated/α-hetero) is 1. The first kappa shape index (κ1) is 13.3. The molecule has 1 saturated carbocycles. The number of rotatable bonds is 2. The number of pyridine rings is 1. The van der Waals surface area contributed by atoms with Gasteiger partial charge in [0.2, 0.25) is 0 Å². The van der Waals surface area contributed by atoms with Gasteiger partial charge in [-0.15, -0.1) is 0 Å². The van der Waals surface area contributed by atoms with E-state index in [0.717, 1.165) is 36.6 Å². The molecule has 0 aliphatic heterocycles. The zero-order valence-electron chi connectivity index (χ0n) is 11.6. The fraction of sp³-hybridized carbons (Fsp3) is 0.412. The summed E-state index contributed by atoms with van der Waals surface area (Å²) in [4.78, 5) is 17.1. The number of hydrogen-bond acceptors (Lipinski definition) is 3. The van der Waals surface area contributed by atoms with Crippen LogP contribution < -0.4 is 5.73 Å². The Balaban J connectivity index is 1.91. The van der Waals surface area contributed by atoms with Crippen LogP contribution in [-0.4, -0.2) is 16.8 Å². The third-order valence-corrected chi connectivity index (χ3v) is 4.28. The lowest BCUT2D eigenvalue weighted by atomic mass is 9.88. The molecule has 1 fully saturated rings. The number of hydrogen-bond donors (Lipinski definition) is 1. The van der Waals surface area contributed by atoms with Crippen LogP contribution >= 0.6 is 0 Å². The van der Waals surface area contributed by atoms with E-state index in [1.54, 1.807) is 6.20 Å². The number of nitrogens with zero attached hydrogens (tertiary/aromatic N) is 1. The second kappa shape index (κ2) is 5.71. The first-order valence-corrected chi connectivity index (χ1v) is 7.40. The average molecular weight is 268 g/mol. The smallest absolute Gasteiger partial charge is 0.169 e. The quantitative estimate of drug-likeness (QED) is 0.671. The summed E-state index contributed by atoms with van der Waals surface area (Å²) in [5, 5.41) is 1.01. The Kier molecular flexibility index (Phi) is 3.79. The molecule has 0 bridgehead atoms. The number of para-hydroxylation sites is 1. The summed E-state index contributed by atoms with van der Waals surface area (Å²) in [6, 6.07) is 9.82. The summed E-state index contributed by atoms with van der Waals surface area (Å²) in [5.41, 5.74) is 7.81. The van der Waals surface area contributed by atoms with E-state index in [4.69, 9.17) is 5.73 Å². The topological polar surface area (TPSA) is 56.0 Å². The molecule has 2 unspecified atom stereocenters. The van der Waals surface area contributed by atoms with Crippen LogP contribution in [0.3, 0.4) is 0 Å². The summed E-state index contributed by atoms with van der Waals surface area (Å²) >= 11 is 0. The number of carbonyl (C=O) groups excluding carboxylic acids is 1. The van der Waals surface area contributed by atoms with Crippen molar-refractivity contribution in [2.24, 2.45) is 11.7 Å². The largest absolute Gasteiger partial charge is 0.327 e. The molecule has 3 nitrogen and oxygen atoms in total. The lowest BCUT2D eigenvalue weighted by Gasteiger charge is -2.20. The van der Waals surface area contributed by atoms with Crippen LogP contribution in [0, 0.1) is 5.92 Å². The van der Waals surface area contributed by atoms with Crippen LogP contribution in [0.4, 0.5) is 0 Å². The van der Waals surface area contributed by atoms with E-state index in [9.17, 15) is 4.79 Å². The lowest BCUT2D eigenvalue weighted by molar-refractivity contribution is 0.0894. The predicted molar refractivity (Wildman–Crippen MR) is 80.6 cm³/mol. The summed E-state index contributed by atoms with van der Waals surface area (Å²) in [6.45, 7) is 0. The van der Waals surface area contributed by atoms with Crippen molar-refractivity contribution in [1.82, 2.24) is 4.98 Å². The van der Waals surface area contributed by atoms with E-state index in [1.807, 2.05) is 30.3 Å². The van der Waals surface area contributed by atoms with Gasteiger partial charge in [0, 0.05) is 29.1 Å². The Morgan fingerprint density at radius 2 is 1.95 bits per heavy atom. The zero-order chi connectivity index (χ0) is 13.9. The van der Waals surface area contributed by atoms with E-state index in [1.165, 1.54) is 6.42 Å². The van der Waals surface area contributed by atoms with Gasteiger partial charge < -0.3 is 5.73 Å². The molecule has 3 heteroatoms. The highest BCUT2D eigenvalue weighted by Gasteiger charge is 2.28. The van der Waals surface area contributed by atoms with Crippen LogP contribution in [-0.2, 0) is 0 Å². The Bertz CT molecular complexity index is 623. The average Bonchev–Trinajstić information content (AvgIpc) is 2.70. The maximum atomic E-state index is 12.7. The minimum Gasteiger partial charge on any atom is -0.327 e. The van der Waals surface area contributed by atoms with Gasteiger partial charge in [-0.1, -0.05) is 37.5 Å². The van der Waals surface area contributed by atoms with Gasteiger partial charge in [0.1, 0.15) is 0 Å². The first-order chi connectivity index (χ1) is 9.75. The fourth-order valence-electron chi connectivity index (χ4n) is 3.08. The second-order valence-electron chi connectivity index (χ2n) is 5.69. The molecule has 104 valence electrons. The highest BCUT2D eigenvalue weighted by Crippen LogP contribution is 2.26. The second-order valence-corrected chi connectivity index (χ2v) is 5.69. The van der Waals surface area contributed by atoms with E-state index in [0.29, 0.717) is 5.56 Å². The van der Waals surface area contributed by atoms with E-state index in [-0.39, 0.29) is 17.7 Å². The number of ketones is 1. The van der Waals surface area contributed by atoms with Gasteiger partial charge >= 0.3 is 0 Å².